The van der Waals surface area contributed by atoms with Crippen LogP contribution in [-0.2, 0) is 11.2 Å². The van der Waals surface area contributed by atoms with Gasteiger partial charge in [0, 0.05) is 7.11 Å². The van der Waals surface area contributed by atoms with Crippen molar-refractivity contribution in [2.24, 2.45) is 5.92 Å². The quantitative estimate of drug-likeness (QED) is 0.800. The standard InChI is InChI=1S/C13H14F3NO2/c1-18-7-6-10-2-4-12(5-3-10)19-9-11(8-17)13(14,15)16/h2-5,11H,6-7,9H2,1H3. The van der Waals surface area contributed by atoms with E-state index >= 15 is 0 Å². The largest absolute Gasteiger partial charge is 0.492 e. The molecule has 0 saturated heterocycles. The van der Waals surface area contributed by atoms with Crippen LogP contribution in [0.4, 0.5) is 13.2 Å². The number of halogens is 3. The molecule has 19 heavy (non-hydrogen) atoms. The summed E-state index contributed by atoms with van der Waals surface area (Å²) in [4.78, 5) is 0. The molecule has 0 spiro atoms. The number of rotatable bonds is 6. The van der Waals surface area contributed by atoms with E-state index in [0.717, 1.165) is 12.0 Å². The summed E-state index contributed by atoms with van der Waals surface area (Å²) in [6.07, 6.45) is -3.84. The maximum atomic E-state index is 12.3. The van der Waals surface area contributed by atoms with Crippen LogP contribution >= 0.6 is 0 Å². The Morgan fingerprint density at radius 1 is 1.26 bits per heavy atom. The Morgan fingerprint density at radius 2 is 1.89 bits per heavy atom. The number of hydrogen-bond acceptors (Lipinski definition) is 3. The number of methoxy groups -OCH3 is 1. The molecule has 1 aromatic carbocycles. The van der Waals surface area contributed by atoms with E-state index < -0.39 is 18.7 Å². The third kappa shape index (κ3) is 5.18. The molecule has 0 radical (unpaired) electrons. The zero-order chi connectivity index (χ0) is 14.3. The molecule has 0 aliphatic rings. The van der Waals surface area contributed by atoms with Gasteiger partial charge in [-0.3, -0.25) is 0 Å². The molecule has 0 aliphatic heterocycles. The van der Waals surface area contributed by atoms with Gasteiger partial charge in [-0.05, 0) is 24.1 Å². The van der Waals surface area contributed by atoms with Gasteiger partial charge in [0.05, 0.1) is 12.7 Å². The number of hydrogen-bond donors (Lipinski definition) is 0. The Bertz CT molecular complexity index is 423. The van der Waals surface area contributed by atoms with E-state index in [1.807, 2.05) is 0 Å². The van der Waals surface area contributed by atoms with E-state index in [-0.39, 0.29) is 0 Å². The molecule has 0 heterocycles. The second-order valence-corrected chi connectivity index (χ2v) is 3.92. The van der Waals surface area contributed by atoms with Gasteiger partial charge in [0.15, 0.2) is 5.92 Å². The summed E-state index contributed by atoms with van der Waals surface area (Å²) in [5, 5.41) is 8.42. The second kappa shape index (κ2) is 7.00. The molecule has 0 aromatic heterocycles. The first-order valence-corrected chi connectivity index (χ1v) is 5.64. The van der Waals surface area contributed by atoms with Gasteiger partial charge in [-0.25, -0.2) is 0 Å². The lowest BCUT2D eigenvalue weighted by molar-refractivity contribution is -0.165. The summed E-state index contributed by atoms with van der Waals surface area (Å²) in [5.74, 6) is -1.80. The van der Waals surface area contributed by atoms with Crippen molar-refractivity contribution in [2.75, 3.05) is 20.3 Å². The Balaban J connectivity index is 2.52. The summed E-state index contributed by atoms with van der Waals surface area (Å²) >= 11 is 0. The van der Waals surface area contributed by atoms with Crippen LogP contribution in [0.25, 0.3) is 0 Å². The normalized spacial score (nSPS) is 12.8. The third-order valence-electron chi connectivity index (χ3n) is 2.49. The Labute approximate surface area is 109 Å². The minimum absolute atomic E-state index is 0.311. The van der Waals surface area contributed by atoms with Gasteiger partial charge in [0.2, 0.25) is 0 Å². The summed E-state index contributed by atoms with van der Waals surface area (Å²) in [7, 11) is 1.59. The van der Waals surface area contributed by atoms with E-state index in [1.54, 1.807) is 31.4 Å². The van der Waals surface area contributed by atoms with Crippen molar-refractivity contribution < 1.29 is 22.6 Å². The molecular formula is C13H14F3NO2. The van der Waals surface area contributed by atoms with Crippen LogP contribution in [0.1, 0.15) is 5.56 Å². The minimum Gasteiger partial charge on any atom is -0.492 e. The molecule has 1 aromatic rings. The predicted octanol–water partition coefficient (Wildman–Crippen LogP) is 2.96. The van der Waals surface area contributed by atoms with E-state index in [0.29, 0.717) is 12.4 Å². The van der Waals surface area contributed by atoms with Crippen molar-refractivity contribution in [1.82, 2.24) is 0 Å². The van der Waals surface area contributed by atoms with E-state index in [4.69, 9.17) is 14.7 Å². The first kappa shape index (κ1) is 15.3. The molecule has 0 aliphatic carbocycles. The first-order valence-electron chi connectivity index (χ1n) is 5.64. The molecule has 1 unspecified atom stereocenters. The van der Waals surface area contributed by atoms with Gasteiger partial charge in [0.25, 0.3) is 0 Å². The first-order chi connectivity index (χ1) is 8.97. The summed E-state index contributed by atoms with van der Waals surface area (Å²) < 4.78 is 46.8. The second-order valence-electron chi connectivity index (χ2n) is 3.92. The van der Waals surface area contributed by atoms with Crippen LogP contribution in [-0.4, -0.2) is 26.5 Å². The summed E-state index contributed by atoms with van der Waals surface area (Å²) in [6, 6.07) is 7.85. The lowest BCUT2D eigenvalue weighted by Gasteiger charge is -2.14. The van der Waals surface area contributed by atoms with Crippen LogP contribution < -0.4 is 4.74 Å². The number of benzene rings is 1. The van der Waals surface area contributed by atoms with E-state index in [2.05, 4.69) is 0 Å². The molecule has 0 amide bonds. The molecule has 0 fully saturated rings. The fourth-order valence-electron chi connectivity index (χ4n) is 1.36. The maximum Gasteiger partial charge on any atom is 0.407 e. The van der Waals surface area contributed by atoms with Crippen LogP contribution in [0, 0.1) is 17.2 Å². The molecule has 0 saturated carbocycles. The topological polar surface area (TPSA) is 42.2 Å². The van der Waals surface area contributed by atoms with Gasteiger partial charge >= 0.3 is 6.18 Å². The number of nitrogens with zero attached hydrogens (tertiary/aromatic N) is 1. The van der Waals surface area contributed by atoms with Crippen molar-refractivity contribution in [2.45, 2.75) is 12.6 Å². The van der Waals surface area contributed by atoms with Gasteiger partial charge in [-0.15, -0.1) is 0 Å². The predicted molar refractivity (Wildman–Crippen MR) is 62.7 cm³/mol. The zero-order valence-electron chi connectivity index (χ0n) is 10.4. The van der Waals surface area contributed by atoms with Crippen molar-refractivity contribution in [3.8, 4) is 11.8 Å². The third-order valence-corrected chi connectivity index (χ3v) is 2.49. The molecule has 0 N–H and O–H groups in total. The SMILES string of the molecule is COCCc1ccc(OCC(C#N)C(F)(F)F)cc1. The highest BCUT2D eigenvalue weighted by Gasteiger charge is 2.40. The average molecular weight is 273 g/mol. The molecule has 6 heteroatoms. The van der Waals surface area contributed by atoms with Gasteiger partial charge < -0.3 is 9.47 Å². The molecule has 3 nitrogen and oxygen atoms in total. The van der Waals surface area contributed by atoms with Gasteiger partial charge in [-0.2, -0.15) is 18.4 Å². The van der Waals surface area contributed by atoms with Gasteiger partial charge in [-0.1, -0.05) is 12.1 Å². The van der Waals surface area contributed by atoms with Crippen LogP contribution in [0.15, 0.2) is 24.3 Å². The molecular weight excluding hydrogens is 259 g/mol. The summed E-state index contributed by atoms with van der Waals surface area (Å²) in [5.41, 5.74) is 1.00. The highest BCUT2D eigenvalue weighted by Crippen LogP contribution is 2.26. The van der Waals surface area contributed by atoms with Crippen LogP contribution in [0.3, 0.4) is 0 Å². The number of ether oxygens (including phenoxy) is 2. The Morgan fingerprint density at radius 3 is 2.37 bits per heavy atom. The highest BCUT2D eigenvalue weighted by molar-refractivity contribution is 5.27. The van der Waals surface area contributed by atoms with Crippen molar-refractivity contribution >= 4 is 0 Å². The molecule has 1 rings (SSSR count). The fraction of sp³-hybridized carbons (Fsp3) is 0.462. The van der Waals surface area contributed by atoms with E-state index in [9.17, 15) is 13.2 Å². The summed E-state index contributed by atoms with van der Waals surface area (Å²) in [6.45, 7) is -0.123. The highest BCUT2D eigenvalue weighted by atomic mass is 19.4. The van der Waals surface area contributed by atoms with Gasteiger partial charge in [0.1, 0.15) is 12.4 Å². The number of nitriles is 1. The lowest BCUT2D eigenvalue weighted by Crippen LogP contribution is -2.27. The minimum atomic E-state index is -4.56. The number of alkyl halides is 3. The average Bonchev–Trinajstić information content (AvgIpc) is 2.37. The monoisotopic (exact) mass is 273 g/mol. The molecule has 0 bridgehead atoms. The lowest BCUT2D eigenvalue weighted by atomic mass is 10.1. The van der Waals surface area contributed by atoms with Crippen LogP contribution in [0.2, 0.25) is 0 Å². The zero-order valence-corrected chi connectivity index (χ0v) is 10.4. The van der Waals surface area contributed by atoms with Crippen molar-refractivity contribution in [3.63, 3.8) is 0 Å². The van der Waals surface area contributed by atoms with Crippen molar-refractivity contribution in [1.29, 1.82) is 5.26 Å². The molecule has 1 atom stereocenters. The smallest absolute Gasteiger partial charge is 0.407 e. The van der Waals surface area contributed by atoms with E-state index in [1.165, 1.54) is 6.07 Å². The van der Waals surface area contributed by atoms with Crippen LogP contribution in [0.5, 0.6) is 5.75 Å². The van der Waals surface area contributed by atoms with Crippen molar-refractivity contribution in [3.05, 3.63) is 29.8 Å². The fourth-order valence-corrected chi connectivity index (χ4v) is 1.36. The Hall–Kier alpha value is -1.74. The molecule has 104 valence electrons. The Kier molecular flexibility index (Phi) is 5.64. The maximum absolute atomic E-state index is 12.3.